The zero-order valence-electron chi connectivity index (χ0n) is 9.67. The first kappa shape index (κ1) is 14.2. The van der Waals surface area contributed by atoms with Crippen LogP contribution in [0.25, 0.3) is 0 Å². The number of carbonyl (C=O) groups is 1. The molecule has 0 aromatic rings. The van der Waals surface area contributed by atoms with Crippen molar-refractivity contribution in [1.29, 1.82) is 0 Å². The third-order valence-electron chi connectivity index (χ3n) is 2.51. The summed E-state index contributed by atoms with van der Waals surface area (Å²) >= 11 is 0. The van der Waals surface area contributed by atoms with E-state index >= 15 is 0 Å². The third-order valence-corrected chi connectivity index (χ3v) is 2.51. The van der Waals surface area contributed by atoms with Crippen LogP contribution in [0.3, 0.4) is 0 Å². The van der Waals surface area contributed by atoms with E-state index in [1.165, 1.54) is 12.8 Å². The van der Waals surface area contributed by atoms with Crippen molar-refractivity contribution in [3.05, 3.63) is 12.2 Å². The van der Waals surface area contributed by atoms with Gasteiger partial charge in [-0.1, -0.05) is 31.9 Å². The summed E-state index contributed by atoms with van der Waals surface area (Å²) in [7, 11) is 0. The molecule has 0 aromatic carbocycles. The van der Waals surface area contributed by atoms with Crippen LogP contribution in [0.1, 0.15) is 45.4 Å². The van der Waals surface area contributed by atoms with E-state index in [0.29, 0.717) is 6.54 Å². The van der Waals surface area contributed by atoms with Gasteiger partial charge in [0.1, 0.15) is 0 Å². The van der Waals surface area contributed by atoms with Gasteiger partial charge in [0, 0.05) is 6.42 Å². The molecule has 0 fully saturated rings. The van der Waals surface area contributed by atoms with Crippen molar-refractivity contribution in [3.63, 3.8) is 0 Å². The van der Waals surface area contributed by atoms with E-state index in [9.17, 15) is 4.79 Å². The van der Waals surface area contributed by atoms with Crippen LogP contribution >= 0.6 is 0 Å². The number of hydrogen-bond donors (Lipinski definition) is 2. The van der Waals surface area contributed by atoms with Gasteiger partial charge in [0.05, 0.1) is 0 Å². The highest BCUT2D eigenvalue weighted by Crippen LogP contribution is 2.18. The van der Waals surface area contributed by atoms with Crippen LogP contribution in [-0.2, 0) is 4.79 Å². The number of rotatable bonds is 9. The predicted octanol–water partition coefficient (Wildman–Crippen LogP) is 2.56. The van der Waals surface area contributed by atoms with Crippen LogP contribution in [0.2, 0.25) is 0 Å². The second kappa shape index (κ2) is 8.48. The van der Waals surface area contributed by atoms with Crippen LogP contribution < -0.4 is 5.73 Å². The summed E-state index contributed by atoms with van der Waals surface area (Å²) < 4.78 is 0. The molecule has 1 unspecified atom stereocenters. The average molecular weight is 213 g/mol. The molecule has 88 valence electrons. The Balaban J connectivity index is 3.75. The van der Waals surface area contributed by atoms with Crippen molar-refractivity contribution in [2.24, 2.45) is 11.7 Å². The van der Waals surface area contributed by atoms with Gasteiger partial charge in [-0.2, -0.15) is 0 Å². The molecule has 0 bridgehead atoms. The van der Waals surface area contributed by atoms with Crippen LogP contribution in [0.5, 0.6) is 0 Å². The van der Waals surface area contributed by atoms with Crippen molar-refractivity contribution < 1.29 is 9.90 Å². The molecule has 0 heterocycles. The first-order valence-electron chi connectivity index (χ1n) is 5.68. The van der Waals surface area contributed by atoms with Crippen LogP contribution in [-0.4, -0.2) is 17.6 Å². The summed E-state index contributed by atoms with van der Waals surface area (Å²) in [6.07, 6.45) is 5.48. The van der Waals surface area contributed by atoms with Gasteiger partial charge in [-0.05, 0) is 31.7 Å². The van der Waals surface area contributed by atoms with Crippen LogP contribution in [0.15, 0.2) is 12.2 Å². The molecule has 0 aliphatic carbocycles. The molecule has 0 rings (SSSR count). The molecule has 3 nitrogen and oxygen atoms in total. The number of carboxylic acids is 1. The molecule has 15 heavy (non-hydrogen) atoms. The highest BCUT2D eigenvalue weighted by molar-refractivity contribution is 5.67. The summed E-state index contributed by atoms with van der Waals surface area (Å²) in [5, 5.41) is 8.66. The van der Waals surface area contributed by atoms with Gasteiger partial charge in [0.2, 0.25) is 0 Å². The molecule has 0 radical (unpaired) electrons. The van der Waals surface area contributed by atoms with Gasteiger partial charge in [-0.15, -0.1) is 0 Å². The van der Waals surface area contributed by atoms with E-state index < -0.39 is 5.97 Å². The lowest BCUT2D eigenvalue weighted by molar-refractivity contribution is -0.138. The Bertz CT molecular complexity index is 202. The molecule has 0 aliphatic rings. The molecule has 3 N–H and O–H groups in total. The fraction of sp³-hybridized carbons (Fsp3) is 0.750. The topological polar surface area (TPSA) is 63.3 Å². The van der Waals surface area contributed by atoms with Crippen molar-refractivity contribution >= 4 is 5.97 Å². The molecule has 0 amide bonds. The minimum atomic E-state index is -0.771. The number of aliphatic carboxylic acids is 1. The summed E-state index contributed by atoms with van der Waals surface area (Å²) in [6, 6.07) is 0. The highest BCUT2D eigenvalue weighted by atomic mass is 16.4. The summed E-state index contributed by atoms with van der Waals surface area (Å²) in [5.74, 6) is -0.719. The molecule has 0 saturated heterocycles. The maximum Gasteiger partial charge on any atom is 0.303 e. The molecular formula is C12H23NO2. The Morgan fingerprint density at radius 1 is 1.40 bits per heavy atom. The molecule has 0 aromatic heterocycles. The van der Waals surface area contributed by atoms with E-state index in [2.05, 4.69) is 13.5 Å². The van der Waals surface area contributed by atoms with E-state index in [0.717, 1.165) is 24.8 Å². The largest absolute Gasteiger partial charge is 0.481 e. The summed E-state index contributed by atoms with van der Waals surface area (Å²) in [6.45, 7) is 6.57. The van der Waals surface area contributed by atoms with Crippen LogP contribution in [0, 0.1) is 5.92 Å². The molecule has 0 aliphatic heterocycles. The first-order chi connectivity index (χ1) is 7.10. The van der Waals surface area contributed by atoms with Gasteiger partial charge in [-0.3, -0.25) is 4.79 Å². The molecule has 3 heteroatoms. The fourth-order valence-electron chi connectivity index (χ4n) is 1.62. The van der Waals surface area contributed by atoms with Crippen molar-refractivity contribution in [3.8, 4) is 0 Å². The van der Waals surface area contributed by atoms with Gasteiger partial charge >= 0.3 is 5.97 Å². The minimum Gasteiger partial charge on any atom is -0.481 e. The number of allylic oxidation sites excluding steroid dienone is 1. The third kappa shape index (κ3) is 8.18. The standard InChI is InChI=1S/C12H23NO2/c1-3-4-5-6-10(2)7-11(9-13)8-12(14)15/h11H,2-9,13H2,1H3,(H,14,15). The van der Waals surface area contributed by atoms with E-state index in [-0.39, 0.29) is 12.3 Å². The second-order valence-corrected chi connectivity index (χ2v) is 4.11. The number of carboxylic acid groups (broad SMARTS) is 1. The Morgan fingerprint density at radius 3 is 2.53 bits per heavy atom. The predicted molar refractivity (Wildman–Crippen MR) is 62.7 cm³/mol. The van der Waals surface area contributed by atoms with Crippen LogP contribution in [0.4, 0.5) is 0 Å². The zero-order valence-corrected chi connectivity index (χ0v) is 9.67. The smallest absolute Gasteiger partial charge is 0.303 e. The average Bonchev–Trinajstić information content (AvgIpc) is 2.16. The Kier molecular flexibility index (Phi) is 8.01. The zero-order chi connectivity index (χ0) is 11.7. The number of hydrogen-bond acceptors (Lipinski definition) is 2. The maximum absolute atomic E-state index is 10.5. The van der Waals surface area contributed by atoms with E-state index in [4.69, 9.17) is 10.8 Å². The highest BCUT2D eigenvalue weighted by Gasteiger charge is 2.12. The van der Waals surface area contributed by atoms with Crippen molar-refractivity contribution in [2.45, 2.75) is 45.4 Å². The lowest BCUT2D eigenvalue weighted by Gasteiger charge is -2.13. The van der Waals surface area contributed by atoms with E-state index in [1.807, 2.05) is 0 Å². The molecule has 0 spiro atoms. The van der Waals surface area contributed by atoms with Gasteiger partial charge < -0.3 is 10.8 Å². The number of nitrogens with two attached hydrogens (primary N) is 1. The Hall–Kier alpha value is -0.830. The van der Waals surface area contributed by atoms with Gasteiger partial charge in [-0.25, -0.2) is 0 Å². The first-order valence-corrected chi connectivity index (χ1v) is 5.68. The Morgan fingerprint density at radius 2 is 2.07 bits per heavy atom. The number of unbranched alkanes of at least 4 members (excludes halogenated alkanes) is 2. The minimum absolute atomic E-state index is 0.0524. The SMILES string of the molecule is C=C(CCCCC)CC(CN)CC(=O)O. The maximum atomic E-state index is 10.5. The normalized spacial score (nSPS) is 12.4. The molecule has 1 atom stereocenters. The van der Waals surface area contributed by atoms with Crippen molar-refractivity contribution in [2.75, 3.05) is 6.54 Å². The summed E-state index contributed by atoms with van der Waals surface area (Å²) in [4.78, 5) is 10.5. The second-order valence-electron chi connectivity index (χ2n) is 4.11. The van der Waals surface area contributed by atoms with E-state index in [1.54, 1.807) is 0 Å². The summed E-state index contributed by atoms with van der Waals surface area (Å²) in [5.41, 5.74) is 6.66. The van der Waals surface area contributed by atoms with Gasteiger partial charge in [0.25, 0.3) is 0 Å². The molecular weight excluding hydrogens is 190 g/mol. The fourth-order valence-corrected chi connectivity index (χ4v) is 1.62. The lowest BCUT2D eigenvalue weighted by Crippen LogP contribution is -2.18. The Labute approximate surface area is 92.4 Å². The molecule has 0 saturated carbocycles. The quantitative estimate of drug-likeness (QED) is 0.457. The van der Waals surface area contributed by atoms with Crippen molar-refractivity contribution in [1.82, 2.24) is 0 Å². The monoisotopic (exact) mass is 213 g/mol. The van der Waals surface area contributed by atoms with Gasteiger partial charge in [0.15, 0.2) is 0 Å². The lowest BCUT2D eigenvalue weighted by atomic mass is 9.94.